The number of carbonyl (C=O) groups is 1. The number of carbonyl (C=O) groups excluding carboxylic acids is 1. The summed E-state index contributed by atoms with van der Waals surface area (Å²) in [7, 11) is 3.15. The normalized spacial score (nSPS) is 10.4. The predicted octanol–water partition coefficient (Wildman–Crippen LogP) is 4.29. The maximum Gasteiger partial charge on any atom is 0.270 e. The molecular weight excluding hydrogens is 400 g/mol. The number of thiazole rings is 1. The van der Waals surface area contributed by atoms with E-state index in [2.05, 4.69) is 10.3 Å². The maximum absolute atomic E-state index is 12.3. The first-order valence-corrected chi connectivity index (χ1v) is 9.71. The molecule has 1 aromatic heterocycles. The van der Waals surface area contributed by atoms with Gasteiger partial charge < -0.3 is 19.5 Å². The van der Waals surface area contributed by atoms with Crippen LogP contribution in [0.4, 0.5) is 0 Å². The van der Waals surface area contributed by atoms with Crippen LogP contribution in [0.3, 0.4) is 0 Å². The molecular formula is C20H19ClN2O4S. The number of nitrogens with zero attached hydrogens (tertiary/aromatic N) is 1. The first-order valence-electron chi connectivity index (χ1n) is 8.46. The molecule has 0 aliphatic heterocycles. The summed E-state index contributed by atoms with van der Waals surface area (Å²) in [5.74, 6) is 1.63. The summed E-state index contributed by atoms with van der Waals surface area (Å²) in [6.07, 6.45) is 0. The molecule has 0 radical (unpaired) electrons. The fourth-order valence-electron chi connectivity index (χ4n) is 2.51. The number of benzene rings is 2. The van der Waals surface area contributed by atoms with Gasteiger partial charge in [0.05, 0.1) is 26.3 Å². The third-order valence-corrected chi connectivity index (χ3v) is 4.97. The van der Waals surface area contributed by atoms with Gasteiger partial charge in [-0.3, -0.25) is 4.79 Å². The zero-order chi connectivity index (χ0) is 19.9. The molecule has 3 aromatic rings. The van der Waals surface area contributed by atoms with Crippen molar-refractivity contribution in [2.45, 2.75) is 0 Å². The van der Waals surface area contributed by atoms with Crippen LogP contribution >= 0.6 is 22.9 Å². The number of rotatable bonds is 8. The van der Waals surface area contributed by atoms with Crippen LogP contribution in [-0.4, -0.2) is 38.3 Å². The number of methoxy groups -OCH3 is 2. The Balaban J connectivity index is 1.59. The van der Waals surface area contributed by atoms with Crippen molar-refractivity contribution in [1.29, 1.82) is 0 Å². The highest BCUT2D eigenvalue weighted by Crippen LogP contribution is 2.38. The van der Waals surface area contributed by atoms with Crippen LogP contribution in [0.1, 0.15) is 10.5 Å². The summed E-state index contributed by atoms with van der Waals surface area (Å²) in [6.45, 7) is 0.699. The van der Waals surface area contributed by atoms with Crippen molar-refractivity contribution in [2.24, 2.45) is 0 Å². The summed E-state index contributed by atoms with van der Waals surface area (Å²) in [5, 5.41) is 5.83. The lowest BCUT2D eigenvalue weighted by Gasteiger charge is -2.10. The fourth-order valence-corrected chi connectivity index (χ4v) is 3.46. The Morgan fingerprint density at radius 1 is 1.14 bits per heavy atom. The minimum absolute atomic E-state index is 0.260. The van der Waals surface area contributed by atoms with Crippen molar-refractivity contribution in [3.63, 3.8) is 0 Å². The smallest absolute Gasteiger partial charge is 0.270 e. The van der Waals surface area contributed by atoms with E-state index < -0.39 is 0 Å². The molecule has 1 amide bonds. The minimum atomic E-state index is -0.260. The second-order valence-electron chi connectivity index (χ2n) is 5.64. The van der Waals surface area contributed by atoms with Crippen molar-refractivity contribution in [3.05, 3.63) is 58.6 Å². The second kappa shape index (κ2) is 9.43. The van der Waals surface area contributed by atoms with Crippen LogP contribution in [-0.2, 0) is 0 Å². The SMILES string of the molecule is COc1cccc(-c2nc(C(=O)NCCOc3ccc(Cl)cc3)cs2)c1OC. The van der Waals surface area contributed by atoms with Crippen LogP contribution in [0.25, 0.3) is 10.6 Å². The van der Waals surface area contributed by atoms with E-state index >= 15 is 0 Å². The highest BCUT2D eigenvalue weighted by Gasteiger charge is 2.17. The Kier molecular flexibility index (Phi) is 6.73. The zero-order valence-electron chi connectivity index (χ0n) is 15.4. The Hall–Kier alpha value is -2.77. The summed E-state index contributed by atoms with van der Waals surface area (Å²) >= 11 is 7.20. The highest BCUT2D eigenvalue weighted by atomic mass is 35.5. The van der Waals surface area contributed by atoms with Gasteiger partial charge in [0.2, 0.25) is 0 Å². The van der Waals surface area contributed by atoms with Crippen molar-refractivity contribution < 1.29 is 19.0 Å². The second-order valence-corrected chi connectivity index (χ2v) is 6.93. The van der Waals surface area contributed by atoms with Crippen LogP contribution in [0, 0.1) is 0 Å². The number of nitrogens with one attached hydrogen (secondary N) is 1. The molecule has 0 saturated carbocycles. The van der Waals surface area contributed by atoms with E-state index in [9.17, 15) is 4.79 Å². The molecule has 0 fully saturated rings. The Labute approximate surface area is 172 Å². The van der Waals surface area contributed by atoms with Gasteiger partial charge in [0.15, 0.2) is 11.5 Å². The van der Waals surface area contributed by atoms with Gasteiger partial charge in [0, 0.05) is 10.4 Å². The number of hydrogen-bond donors (Lipinski definition) is 1. The first kappa shape index (κ1) is 20.0. The molecule has 2 aromatic carbocycles. The molecule has 0 aliphatic rings. The van der Waals surface area contributed by atoms with E-state index in [-0.39, 0.29) is 5.91 Å². The third-order valence-electron chi connectivity index (χ3n) is 3.84. The van der Waals surface area contributed by atoms with E-state index in [1.807, 2.05) is 18.2 Å². The van der Waals surface area contributed by atoms with Gasteiger partial charge in [-0.2, -0.15) is 0 Å². The van der Waals surface area contributed by atoms with Crippen molar-refractivity contribution in [1.82, 2.24) is 10.3 Å². The first-order chi connectivity index (χ1) is 13.6. The van der Waals surface area contributed by atoms with Gasteiger partial charge in [-0.1, -0.05) is 17.7 Å². The monoisotopic (exact) mass is 418 g/mol. The van der Waals surface area contributed by atoms with E-state index in [0.29, 0.717) is 46.1 Å². The average molecular weight is 419 g/mol. The van der Waals surface area contributed by atoms with Gasteiger partial charge >= 0.3 is 0 Å². The zero-order valence-corrected chi connectivity index (χ0v) is 17.0. The van der Waals surface area contributed by atoms with E-state index in [1.54, 1.807) is 43.9 Å². The summed E-state index contributed by atoms with van der Waals surface area (Å²) in [6, 6.07) is 12.6. The lowest BCUT2D eigenvalue weighted by atomic mass is 10.2. The average Bonchev–Trinajstić information content (AvgIpc) is 3.21. The van der Waals surface area contributed by atoms with Gasteiger partial charge in [-0.05, 0) is 36.4 Å². The number of para-hydroxylation sites is 1. The van der Waals surface area contributed by atoms with Crippen molar-refractivity contribution >= 4 is 28.8 Å². The third kappa shape index (κ3) is 4.74. The standard InChI is InChI=1S/C20H19ClN2O4S/c1-25-17-5-3-4-15(18(17)26-2)20-23-16(12-28-20)19(24)22-10-11-27-14-8-6-13(21)7-9-14/h3-9,12H,10-11H2,1-2H3,(H,22,24). The van der Waals surface area contributed by atoms with E-state index in [0.717, 1.165) is 5.56 Å². The van der Waals surface area contributed by atoms with Gasteiger partial charge in [0.1, 0.15) is 23.1 Å². The van der Waals surface area contributed by atoms with Gasteiger partial charge in [-0.15, -0.1) is 11.3 Å². The Bertz CT molecular complexity index is 944. The quantitative estimate of drug-likeness (QED) is 0.552. The molecule has 3 rings (SSSR count). The molecule has 0 unspecified atom stereocenters. The van der Waals surface area contributed by atoms with E-state index in [1.165, 1.54) is 11.3 Å². The Morgan fingerprint density at radius 2 is 1.93 bits per heavy atom. The molecule has 1 heterocycles. The number of hydrogen-bond acceptors (Lipinski definition) is 6. The van der Waals surface area contributed by atoms with Crippen LogP contribution in [0.2, 0.25) is 5.02 Å². The van der Waals surface area contributed by atoms with Crippen molar-refractivity contribution in [2.75, 3.05) is 27.4 Å². The number of aromatic nitrogens is 1. The molecule has 0 bridgehead atoms. The number of halogens is 1. The summed E-state index contributed by atoms with van der Waals surface area (Å²) in [4.78, 5) is 16.8. The lowest BCUT2D eigenvalue weighted by Crippen LogP contribution is -2.28. The van der Waals surface area contributed by atoms with E-state index in [4.69, 9.17) is 25.8 Å². The van der Waals surface area contributed by atoms with Crippen LogP contribution < -0.4 is 19.5 Å². The molecule has 1 N–H and O–H groups in total. The van der Waals surface area contributed by atoms with Crippen LogP contribution in [0.15, 0.2) is 47.8 Å². The Morgan fingerprint density at radius 3 is 2.64 bits per heavy atom. The van der Waals surface area contributed by atoms with Gasteiger partial charge in [0.25, 0.3) is 5.91 Å². The molecule has 28 heavy (non-hydrogen) atoms. The molecule has 0 aliphatic carbocycles. The van der Waals surface area contributed by atoms with Crippen molar-refractivity contribution in [3.8, 4) is 27.8 Å². The minimum Gasteiger partial charge on any atom is -0.493 e. The highest BCUT2D eigenvalue weighted by molar-refractivity contribution is 7.13. The molecule has 8 heteroatoms. The summed E-state index contributed by atoms with van der Waals surface area (Å²) < 4.78 is 16.3. The lowest BCUT2D eigenvalue weighted by molar-refractivity contribution is 0.0943. The largest absolute Gasteiger partial charge is 0.493 e. The molecule has 146 valence electrons. The van der Waals surface area contributed by atoms with Gasteiger partial charge in [-0.25, -0.2) is 4.98 Å². The maximum atomic E-state index is 12.3. The topological polar surface area (TPSA) is 69.7 Å². The molecule has 6 nitrogen and oxygen atoms in total. The molecule has 0 atom stereocenters. The summed E-state index contributed by atoms with van der Waals surface area (Å²) in [5.41, 5.74) is 1.12. The molecule has 0 spiro atoms. The predicted molar refractivity (Wildman–Crippen MR) is 110 cm³/mol. The number of amides is 1. The number of ether oxygens (including phenoxy) is 3. The molecule has 0 saturated heterocycles. The fraction of sp³-hybridized carbons (Fsp3) is 0.200. The van der Waals surface area contributed by atoms with Crippen LogP contribution in [0.5, 0.6) is 17.2 Å².